The molecule has 0 bridgehead atoms. The van der Waals surface area contributed by atoms with Crippen LogP contribution in [-0.4, -0.2) is 49.6 Å². The first-order valence-electron chi connectivity index (χ1n) is 20.5. The summed E-state index contributed by atoms with van der Waals surface area (Å²) in [5.41, 5.74) is -1.73. The number of carbonyl (C=O) groups is 1. The van der Waals surface area contributed by atoms with Gasteiger partial charge in [-0.05, 0) is 68.5 Å². The molecule has 1 aliphatic heterocycles. The van der Waals surface area contributed by atoms with Gasteiger partial charge < -0.3 is 9.67 Å². The second-order valence-electron chi connectivity index (χ2n) is 14.7. The Morgan fingerprint density at radius 1 is 0.636 bits per heavy atom. The molecule has 3 aromatic heterocycles. The van der Waals surface area contributed by atoms with Crippen molar-refractivity contribution in [2.45, 2.75) is 45.1 Å². The molecule has 0 spiro atoms. The van der Waals surface area contributed by atoms with E-state index < -0.39 is 70.0 Å². The molecule has 0 amide bonds. The van der Waals surface area contributed by atoms with E-state index in [-0.39, 0.29) is 58.4 Å². The standard InChI is InChI=1S/C48H38F8N8O2/c1-3-5-7-15-25-61-31(27-57-63(29-17-11-9-12-18-29)41-37(49)45(53)59-46(54)38(41)50)21-23-33(61)35-43(65)36(44(35)66)34-24-22-32(62(34)26-16-8-6-4-2)28-58-64(30-19-13-10-14-20-30)42-39(51)47(55)60-48(56)40(42)52/h3-4,9-14,17-24,27-28H,1-2,5-8,15-16,25-26H2. The molecule has 2 aromatic carbocycles. The van der Waals surface area contributed by atoms with Gasteiger partial charge in [-0.25, -0.2) is 10.0 Å². The van der Waals surface area contributed by atoms with E-state index in [2.05, 4.69) is 33.3 Å². The number of anilines is 4. The molecule has 0 unspecified atom stereocenters. The highest BCUT2D eigenvalue weighted by atomic mass is 19.2. The van der Waals surface area contributed by atoms with Gasteiger partial charge in [-0.15, -0.1) is 13.2 Å². The molecule has 0 radical (unpaired) electrons. The molecule has 4 heterocycles. The molecular formula is C48H38F8N8O2. The predicted molar refractivity (Wildman–Crippen MR) is 232 cm³/mol. The lowest BCUT2D eigenvalue weighted by Crippen LogP contribution is -2.33. The third kappa shape index (κ3) is 9.25. The first kappa shape index (κ1) is 46.2. The number of pyridine rings is 2. The Morgan fingerprint density at radius 3 is 1.64 bits per heavy atom. The number of para-hydroxylation sites is 2. The van der Waals surface area contributed by atoms with Crippen LogP contribution in [0.25, 0.3) is 5.57 Å². The Kier molecular flexibility index (Phi) is 14.3. The van der Waals surface area contributed by atoms with Crippen molar-refractivity contribution in [3.8, 4) is 0 Å². The summed E-state index contributed by atoms with van der Waals surface area (Å²) in [5, 5.41) is 24.1. The van der Waals surface area contributed by atoms with Crippen LogP contribution in [0.1, 0.15) is 49.9 Å². The number of hydrogen-bond acceptors (Lipinski definition) is 8. The SMILES string of the molecule is C=CCCCCn1c(/C=N/N(c2ccccc2)c2c(F)c(F)nc(F)c2F)ccc1C1=C([O-])/C(=C2/C=CC(/C=N/N(c3ccccc3)c3c(F)c(F)nc(F)c3F)=[N+]2CCCCC=C)C1=O. The average Bonchev–Trinajstić information content (AvgIpc) is 3.90. The minimum absolute atomic E-state index is 0.0306. The Bertz CT molecular complexity index is 2840. The predicted octanol–water partition coefficient (Wildman–Crippen LogP) is 10.0. The van der Waals surface area contributed by atoms with E-state index in [0.29, 0.717) is 48.5 Å². The summed E-state index contributed by atoms with van der Waals surface area (Å²) in [6.45, 7) is 7.95. The van der Waals surface area contributed by atoms with E-state index in [1.165, 1.54) is 85.2 Å². The molecule has 0 atom stereocenters. The van der Waals surface area contributed by atoms with E-state index in [0.717, 1.165) is 0 Å². The first-order valence-corrected chi connectivity index (χ1v) is 20.5. The zero-order valence-electron chi connectivity index (χ0n) is 34.9. The Balaban J connectivity index is 1.30. The van der Waals surface area contributed by atoms with Gasteiger partial charge in [-0.3, -0.25) is 4.79 Å². The molecule has 0 fully saturated rings. The van der Waals surface area contributed by atoms with Gasteiger partial charge in [-0.1, -0.05) is 54.3 Å². The van der Waals surface area contributed by atoms with Crippen molar-refractivity contribution < 1.29 is 49.6 Å². The van der Waals surface area contributed by atoms with Crippen LogP contribution in [0.5, 0.6) is 0 Å². The van der Waals surface area contributed by atoms with E-state index in [9.17, 15) is 27.5 Å². The number of carbonyl (C=O) groups excluding carboxylic acids is 1. The quantitative estimate of drug-likeness (QED) is 0.0119. The fourth-order valence-corrected chi connectivity index (χ4v) is 7.31. The van der Waals surface area contributed by atoms with Crippen LogP contribution in [-0.2, 0) is 11.3 Å². The number of nitrogens with zero attached hydrogens (tertiary/aromatic N) is 8. The number of benzene rings is 2. The number of hydrogen-bond donors (Lipinski definition) is 0. The van der Waals surface area contributed by atoms with E-state index >= 15 is 17.6 Å². The minimum Gasteiger partial charge on any atom is -0.871 e. The number of ketones is 1. The van der Waals surface area contributed by atoms with Crippen LogP contribution in [0, 0.1) is 47.1 Å². The highest BCUT2D eigenvalue weighted by Gasteiger charge is 2.39. The fraction of sp³-hybridized carbons (Fsp3) is 0.167. The largest absolute Gasteiger partial charge is 0.871 e. The van der Waals surface area contributed by atoms with E-state index in [4.69, 9.17) is 0 Å². The van der Waals surface area contributed by atoms with Crippen LogP contribution in [0.2, 0.25) is 0 Å². The maximum absolute atomic E-state index is 15.1. The maximum atomic E-state index is 15.1. The molecule has 7 rings (SSSR count). The van der Waals surface area contributed by atoms with Crippen molar-refractivity contribution in [1.82, 2.24) is 14.5 Å². The van der Waals surface area contributed by atoms with Gasteiger partial charge in [0.1, 0.15) is 24.1 Å². The highest BCUT2D eigenvalue weighted by Crippen LogP contribution is 2.39. The molecule has 0 saturated heterocycles. The van der Waals surface area contributed by atoms with E-state index in [1.54, 1.807) is 33.4 Å². The monoisotopic (exact) mass is 910 g/mol. The van der Waals surface area contributed by atoms with Crippen LogP contribution < -0.4 is 15.1 Å². The summed E-state index contributed by atoms with van der Waals surface area (Å²) in [7, 11) is 0. The molecule has 66 heavy (non-hydrogen) atoms. The first-order chi connectivity index (χ1) is 31.9. The highest BCUT2D eigenvalue weighted by molar-refractivity contribution is 6.39. The number of halogens is 8. The summed E-state index contributed by atoms with van der Waals surface area (Å²) >= 11 is 0. The van der Waals surface area contributed by atoms with Gasteiger partial charge in [0.2, 0.25) is 40.5 Å². The number of unbranched alkanes of at least 4 members (excludes halogenated alkanes) is 4. The second kappa shape index (κ2) is 20.4. The van der Waals surface area contributed by atoms with Crippen LogP contribution in [0.4, 0.5) is 57.9 Å². The number of aromatic nitrogens is 3. The van der Waals surface area contributed by atoms with Gasteiger partial charge in [0, 0.05) is 30.7 Å². The van der Waals surface area contributed by atoms with Crippen molar-refractivity contribution in [3.05, 3.63) is 186 Å². The van der Waals surface area contributed by atoms with Gasteiger partial charge >= 0.3 is 0 Å². The zero-order valence-corrected chi connectivity index (χ0v) is 34.9. The van der Waals surface area contributed by atoms with Crippen molar-refractivity contribution in [3.63, 3.8) is 0 Å². The van der Waals surface area contributed by atoms with Crippen LogP contribution in [0.15, 0.2) is 137 Å². The third-order valence-electron chi connectivity index (χ3n) is 10.5. The maximum Gasteiger partial charge on any atom is 0.254 e. The van der Waals surface area contributed by atoms with Crippen LogP contribution in [0.3, 0.4) is 0 Å². The summed E-state index contributed by atoms with van der Waals surface area (Å²) in [5.74, 6) is -16.0. The second-order valence-corrected chi connectivity index (χ2v) is 14.7. The fourth-order valence-electron chi connectivity index (χ4n) is 7.31. The summed E-state index contributed by atoms with van der Waals surface area (Å²) < 4.78 is 121. The van der Waals surface area contributed by atoms with Crippen molar-refractivity contribution in [2.24, 2.45) is 10.2 Å². The molecule has 10 nitrogen and oxygen atoms in total. The lowest BCUT2D eigenvalue weighted by molar-refractivity contribution is -0.468. The van der Waals surface area contributed by atoms with Gasteiger partial charge in [0.25, 0.3) is 23.8 Å². The lowest BCUT2D eigenvalue weighted by Gasteiger charge is -2.31. The molecule has 1 aliphatic carbocycles. The van der Waals surface area contributed by atoms with Crippen LogP contribution >= 0.6 is 0 Å². The van der Waals surface area contributed by atoms with Crippen molar-refractivity contribution in [2.75, 3.05) is 16.6 Å². The molecule has 5 aromatic rings. The normalized spacial score (nSPS) is 14.9. The zero-order chi connectivity index (χ0) is 47.1. The minimum atomic E-state index is -1.89. The summed E-state index contributed by atoms with van der Waals surface area (Å²) in [6.07, 6.45) is 12.5. The Hall–Kier alpha value is -7.76. The third-order valence-corrected chi connectivity index (χ3v) is 10.5. The Labute approximate surface area is 373 Å². The summed E-state index contributed by atoms with van der Waals surface area (Å²) in [4.78, 5) is 19.5. The topological polar surface area (TPSA) is 105 Å². The van der Waals surface area contributed by atoms with Crippen molar-refractivity contribution >= 4 is 52.2 Å². The number of Topliss-reactive ketones (excluding diaryl/α,β-unsaturated/α-hetero) is 1. The van der Waals surface area contributed by atoms with Crippen molar-refractivity contribution in [1.29, 1.82) is 0 Å². The van der Waals surface area contributed by atoms with Gasteiger partial charge in [0.05, 0.1) is 34.6 Å². The smallest absolute Gasteiger partial charge is 0.254 e. The van der Waals surface area contributed by atoms with E-state index in [1.807, 2.05) is 0 Å². The lowest BCUT2D eigenvalue weighted by atomic mass is 9.84. The number of hydrazone groups is 2. The number of allylic oxidation sites excluding steroid dienone is 6. The average molecular weight is 911 g/mol. The molecule has 0 saturated carbocycles. The van der Waals surface area contributed by atoms with Gasteiger partial charge in [0.15, 0.2) is 0 Å². The molecule has 0 N–H and O–H groups in total. The molecule has 338 valence electrons. The van der Waals surface area contributed by atoms with Gasteiger partial charge in [-0.2, -0.15) is 59.9 Å². The number of rotatable bonds is 19. The molecular weight excluding hydrogens is 873 g/mol. The Morgan fingerprint density at radius 2 is 1.14 bits per heavy atom. The molecule has 2 aliphatic rings. The summed E-state index contributed by atoms with van der Waals surface area (Å²) in [6, 6.07) is 17.9. The molecule has 18 heteroatoms.